The molecule has 0 fully saturated rings. The number of hydrogen-bond acceptors (Lipinski definition) is 5. The number of carbonyl (C=O) groups is 1. The van der Waals surface area contributed by atoms with Crippen molar-refractivity contribution in [3.63, 3.8) is 0 Å². The Bertz CT molecular complexity index is 540. The molecule has 1 heterocycles. The van der Waals surface area contributed by atoms with Crippen LogP contribution in [-0.4, -0.2) is 43.9 Å². The number of aromatic nitrogens is 1. The smallest absolute Gasteiger partial charge is 0.252 e. The van der Waals surface area contributed by atoms with Gasteiger partial charge in [-0.3, -0.25) is 4.79 Å². The molecule has 2 N–H and O–H groups in total. The SMILES string of the molecule is CCNC(=O)c1ccc(NC(C)CCS(C)(=O)=O)nc1. The van der Waals surface area contributed by atoms with Gasteiger partial charge < -0.3 is 10.6 Å². The highest BCUT2D eigenvalue weighted by atomic mass is 32.2. The van der Waals surface area contributed by atoms with Crippen molar-refractivity contribution in [3.05, 3.63) is 23.9 Å². The molecule has 0 aromatic carbocycles. The molecule has 0 spiro atoms. The average Bonchev–Trinajstić information content (AvgIpc) is 2.37. The van der Waals surface area contributed by atoms with Gasteiger partial charge in [0.15, 0.2) is 0 Å². The number of sulfone groups is 1. The van der Waals surface area contributed by atoms with Crippen molar-refractivity contribution in [2.45, 2.75) is 26.3 Å². The summed E-state index contributed by atoms with van der Waals surface area (Å²) in [5, 5.41) is 5.80. The molecule has 1 rings (SSSR count). The summed E-state index contributed by atoms with van der Waals surface area (Å²) in [5.41, 5.74) is 0.501. The molecule has 0 radical (unpaired) electrons. The minimum Gasteiger partial charge on any atom is -0.368 e. The fraction of sp³-hybridized carbons (Fsp3) is 0.538. The zero-order valence-electron chi connectivity index (χ0n) is 12.0. The number of carbonyl (C=O) groups excluding carboxylic acids is 1. The van der Waals surface area contributed by atoms with Crippen molar-refractivity contribution < 1.29 is 13.2 Å². The van der Waals surface area contributed by atoms with Gasteiger partial charge in [0.05, 0.1) is 11.3 Å². The van der Waals surface area contributed by atoms with Crippen LogP contribution in [0.4, 0.5) is 5.82 Å². The van der Waals surface area contributed by atoms with E-state index in [1.807, 2.05) is 13.8 Å². The molecule has 0 aliphatic rings. The summed E-state index contributed by atoms with van der Waals surface area (Å²) in [7, 11) is -2.95. The van der Waals surface area contributed by atoms with Crippen LogP contribution in [0.25, 0.3) is 0 Å². The van der Waals surface area contributed by atoms with Crippen LogP contribution in [0.5, 0.6) is 0 Å². The maximum absolute atomic E-state index is 11.6. The van der Waals surface area contributed by atoms with Gasteiger partial charge in [-0.1, -0.05) is 0 Å². The Morgan fingerprint density at radius 3 is 2.60 bits per heavy atom. The Morgan fingerprint density at radius 2 is 2.10 bits per heavy atom. The third-order valence-electron chi connectivity index (χ3n) is 2.68. The Balaban J connectivity index is 2.55. The second-order valence-corrected chi connectivity index (χ2v) is 7.02. The summed E-state index contributed by atoms with van der Waals surface area (Å²) in [6, 6.07) is 3.39. The second-order valence-electron chi connectivity index (χ2n) is 4.76. The first-order valence-corrected chi connectivity index (χ1v) is 8.56. The Hall–Kier alpha value is -1.63. The second kappa shape index (κ2) is 7.23. The van der Waals surface area contributed by atoms with Crippen LogP contribution in [-0.2, 0) is 9.84 Å². The van der Waals surface area contributed by atoms with E-state index < -0.39 is 9.84 Å². The first kappa shape index (κ1) is 16.4. The lowest BCUT2D eigenvalue weighted by atomic mass is 10.2. The van der Waals surface area contributed by atoms with Gasteiger partial charge >= 0.3 is 0 Å². The van der Waals surface area contributed by atoms with Crippen LogP contribution in [0.2, 0.25) is 0 Å². The van der Waals surface area contributed by atoms with Gasteiger partial charge in [-0.15, -0.1) is 0 Å². The summed E-state index contributed by atoms with van der Waals surface area (Å²) >= 11 is 0. The topological polar surface area (TPSA) is 88.2 Å². The van der Waals surface area contributed by atoms with E-state index >= 15 is 0 Å². The van der Waals surface area contributed by atoms with Crippen LogP contribution in [0.1, 0.15) is 30.6 Å². The maximum Gasteiger partial charge on any atom is 0.252 e. The Labute approximate surface area is 119 Å². The van der Waals surface area contributed by atoms with Crippen molar-refractivity contribution in [3.8, 4) is 0 Å². The molecule has 0 aliphatic carbocycles. The predicted molar refractivity (Wildman–Crippen MR) is 79.7 cm³/mol. The average molecular weight is 299 g/mol. The van der Waals surface area contributed by atoms with E-state index in [0.717, 1.165) is 0 Å². The number of anilines is 1. The van der Waals surface area contributed by atoms with Gasteiger partial charge in [-0.05, 0) is 32.4 Å². The molecule has 6 nitrogen and oxygen atoms in total. The highest BCUT2D eigenvalue weighted by Gasteiger charge is 2.09. The Kier molecular flexibility index (Phi) is 5.94. The molecule has 0 saturated carbocycles. The third-order valence-corrected chi connectivity index (χ3v) is 3.66. The standard InChI is InChI=1S/C13H21N3O3S/c1-4-14-13(17)11-5-6-12(15-9-11)16-10(2)7-8-20(3,18)19/h5-6,9-10H,4,7-8H2,1-3H3,(H,14,17)(H,15,16). The molecule has 1 aromatic heterocycles. The molecule has 0 saturated heterocycles. The van der Waals surface area contributed by atoms with Crippen LogP contribution in [0, 0.1) is 0 Å². The van der Waals surface area contributed by atoms with Gasteiger partial charge in [-0.2, -0.15) is 0 Å². The van der Waals surface area contributed by atoms with Gasteiger partial charge in [0.1, 0.15) is 15.7 Å². The third kappa shape index (κ3) is 6.01. The van der Waals surface area contributed by atoms with E-state index in [0.29, 0.717) is 24.3 Å². The molecular formula is C13H21N3O3S. The van der Waals surface area contributed by atoms with Gasteiger partial charge in [0.2, 0.25) is 0 Å². The van der Waals surface area contributed by atoms with E-state index in [-0.39, 0.29) is 17.7 Å². The van der Waals surface area contributed by atoms with Crippen LogP contribution < -0.4 is 10.6 Å². The predicted octanol–water partition coefficient (Wildman–Crippen LogP) is 1.07. The summed E-state index contributed by atoms with van der Waals surface area (Å²) in [6.45, 7) is 4.32. The molecule has 112 valence electrons. The van der Waals surface area contributed by atoms with Gasteiger partial charge in [0, 0.05) is 25.0 Å². The summed E-state index contributed by atoms with van der Waals surface area (Å²) < 4.78 is 22.2. The number of pyridine rings is 1. The molecule has 1 amide bonds. The van der Waals surface area contributed by atoms with E-state index in [1.165, 1.54) is 12.5 Å². The van der Waals surface area contributed by atoms with E-state index in [4.69, 9.17) is 0 Å². The minimum absolute atomic E-state index is 0.00690. The molecule has 0 bridgehead atoms. The number of hydrogen-bond donors (Lipinski definition) is 2. The zero-order valence-corrected chi connectivity index (χ0v) is 12.8. The molecule has 0 aliphatic heterocycles. The lowest BCUT2D eigenvalue weighted by molar-refractivity contribution is 0.0955. The Morgan fingerprint density at radius 1 is 1.40 bits per heavy atom. The number of nitrogens with one attached hydrogen (secondary N) is 2. The molecule has 1 aromatic rings. The zero-order chi connectivity index (χ0) is 15.2. The van der Waals surface area contributed by atoms with Crippen LogP contribution >= 0.6 is 0 Å². The first-order chi connectivity index (χ1) is 9.31. The summed E-state index contributed by atoms with van der Waals surface area (Å²) in [5.74, 6) is 0.605. The number of rotatable bonds is 7. The quantitative estimate of drug-likeness (QED) is 0.786. The highest BCUT2D eigenvalue weighted by molar-refractivity contribution is 7.90. The first-order valence-electron chi connectivity index (χ1n) is 6.50. The number of nitrogens with zero attached hydrogens (tertiary/aromatic N) is 1. The summed E-state index contributed by atoms with van der Waals surface area (Å²) in [4.78, 5) is 15.7. The molecule has 1 atom stereocenters. The van der Waals surface area contributed by atoms with Crippen LogP contribution in [0.3, 0.4) is 0 Å². The largest absolute Gasteiger partial charge is 0.368 e. The summed E-state index contributed by atoms with van der Waals surface area (Å²) in [6.07, 6.45) is 3.23. The van der Waals surface area contributed by atoms with Crippen molar-refractivity contribution in [2.75, 3.05) is 23.9 Å². The van der Waals surface area contributed by atoms with Crippen molar-refractivity contribution in [1.29, 1.82) is 0 Å². The van der Waals surface area contributed by atoms with Crippen molar-refractivity contribution in [1.82, 2.24) is 10.3 Å². The molecular weight excluding hydrogens is 278 g/mol. The van der Waals surface area contributed by atoms with Crippen molar-refractivity contribution >= 4 is 21.6 Å². The molecule has 1 unspecified atom stereocenters. The van der Waals surface area contributed by atoms with Crippen LogP contribution in [0.15, 0.2) is 18.3 Å². The highest BCUT2D eigenvalue weighted by Crippen LogP contribution is 2.08. The monoisotopic (exact) mass is 299 g/mol. The van der Waals surface area contributed by atoms with Gasteiger partial charge in [-0.25, -0.2) is 13.4 Å². The van der Waals surface area contributed by atoms with Crippen molar-refractivity contribution in [2.24, 2.45) is 0 Å². The lowest BCUT2D eigenvalue weighted by Gasteiger charge is -2.14. The van der Waals surface area contributed by atoms with Gasteiger partial charge in [0.25, 0.3) is 5.91 Å². The number of amides is 1. The fourth-order valence-corrected chi connectivity index (χ4v) is 2.37. The van der Waals surface area contributed by atoms with E-state index in [9.17, 15) is 13.2 Å². The molecule has 7 heteroatoms. The maximum atomic E-state index is 11.6. The van der Waals surface area contributed by atoms with E-state index in [1.54, 1.807) is 12.1 Å². The lowest BCUT2D eigenvalue weighted by Crippen LogP contribution is -2.23. The fourth-order valence-electron chi connectivity index (χ4n) is 1.59. The van der Waals surface area contributed by atoms with E-state index in [2.05, 4.69) is 15.6 Å². The molecule has 20 heavy (non-hydrogen) atoms. The normalized spacial score (nSPS) is 12.8. The minimum atomic E-state index is -2.95.